The van der Waals surface area contributed by atoms with E-state index in [1.165, 1.54) is 29.2 Å². The average Bonchev–Trinajstić information content (AvgIpc) is 3.37. The standard InChI is InChI=1S/C20H17N5O3S/c1-12-10-18(26)23-20(21-12)25-17(11-14(24-25)16-8-5-9-29-16)22-19(27)13-6-3-4-7-15(13)28-2/h3-11H,1-2H3,(H,22,27)(H,21,23,26). The smallest absolute Gasteiger partial charge is 0.260 e. The zero-order valence-electron chi connectivity index (χ0n) is 15.7. The summed E-state index contributed by atoms with van der Waals surface area (Å²) >= 11 is 1.52. The van der Waals surface area contributed by atoms with Gasteiger partial charge in [0.25, 0.3) is 11.5 Å². The second kappa shape index (κ2) is 7.72. The number of benzene rings is 1. The number of nitrogens with zero attached hydrogens (tertiary/aromatic N) is 3. The summed E-state index contributed by atoms with van der Waals surface area (Å²) in [6.07, 6.45) is 0. The van der Waals surface area contributed by atoms with Crippen LogP contribution >= 0.6 is 11.3 Å². The summed E-state index contributed by atoms with van der Waals surface area (Å²) in [6.45, 7) is 1.72. The fourth-order valence-corrected chi connectivity index (χ4v) is 3.54. The number of carbonyl (C=O) groups excluding carboxylic acids is 1. The van der Waals surface area contributed by atoms with Gasteiger partial charge < -0.3 is 10.1 Å². The van der Waals surface area contributed by atoms with Gasteiger partial charge in [-0.25, -0.2) is 4.98 Å². The van der Waals surface area contributed by atoms with Gasteiger partial charge in [0, 0.05) is 17.8 Å². The van der Waals surface area contributed by atoms with Gasteiger partial charge in [-0.3, -0.25) is 14.6 Å². The van der Waals surface area contributed by atoms with Gasteiger partial charge in [0.15, 0.2) is 0 Å². The first kappa shape index (κ1) is 18.6. The summed E-state index contributed by atoms with van der Waals surface area (Å²) in [5.74, 6) is 0.680. The average molecular weight is 407 g/mol. The van der Waals surface area contributed by atoms with Crippen LogP contribution in [0.15, 0.2) is 58.7 Å². The lowest BCUT2D eigenvalue weighted by Crippen LogP contribution is -2.19. The summed E-state index contributed by atoms with van der Waals surface area (Å²) in [6, 6.07) is 13.9. The van der Waals surface area contributed by atoms with Crippen LogP contribution in [-0.2, 0) is 0 Å². The third kappa shape index (κ3) is 3.81. The number of amides is 1. The Labute approximate surface area is 169 Å². The molecule has 0 spiro atoms. The maximum Gasteiger partial charge on any atom is 0.260 e. The molecular weight excluding hydrogens is 390 g/mol. The summed E-state index contributed by atoms with van der Waals surface area (Å²) in [7, 11) is 1.51. The van der Waals surface area contributed by atoms with Crippen molar-refractivity contribution in [3.8, 4) is 22.3 Å². The molecule has 8 nitrogen and oxygen atoms in total. The molecule has 1 amide bonds. The van der Waals surface area contributed by atoms with E-state index in [1.54, 1.807) is 37.3 Å². The van der Waals surface area contributed by atoms with Crippen molar-refractivity contribution in [1.82, 2.24) is 19.7 Å². The number of para-hydroxylation sites is 1. The largest absolute Gasteiger partial charge is 0.496 e. The highest BCUT2D eigenvalue weighted by Crippen LogP contribution is 2.28. The van der Waals surface area contributed by atoms with Gasteiger partial charge in [0.05, 0.1) is 17.6 Å². The van der Waals surface area contributed by atoms with Gasteiger partial charge in [-0.1, -0.05) is 18.2 Å². The maximum atomic E-state index is 12.9. The highest BCUT2D eigenvalue weighted by Gasteiger charge is 2.18. The lowest BCUT2D eigenvalue weighted by atomic mass is 10.2. The van der Waals surface area contributed by atoms with Gasteiger partial charge in [-0.05, 0) is 30.5 Å². The SMILES string of the molecule is COc1ccccc1C(=O)Nc1cc(-c2cccs2)nn1-c1nc(C)cc(=O)[nH]1. The van der Waals surface area contributed by atoms with E-state index in [1.807, 2.05) is 17.5 Å². The molecule has 3 aromatic heterocycles. The minimum Gasteiger partial charge on any atom is -0.496 e. The quantitative estimate of drug-likeness (QED) is 0.529. The molecule has 4 rings (SSSR count). The topological polar surface area (TPSA) is 102 Å². The van der Waals surface area contributed by atoms with E-state index in [0.29, 0.717) is 28.5 Å². The zero-order chi connectivity index (χ0) is 20.4. The second-order valence-corrected chi connectivity index (χ2v) is 7.12. The van der Waals surface area contributed by atoms with E-state index >= 15 is 0 Å². The number of aromatic amines is 1. The summed E-state index contributed by atoms with van der Waals surface area (Å²) in [4.78, 5) is 32.7. The van der Waals surface area contributed by atoms with Gasteiger partial charge in [0.1, 0.15) is 17.3 Å². The molecule has 0 radical (unpaired) electrons. The van der Waals surface area contributed by atoms with E-state index in [-0.39, 0.29) is 17.4 Å². The first-order valence-electron chi connectivity index (χ1n) is 8.72. The Kier molecular flexibility index (Phi) is 4.96. The number of rotatable bonds is 5. The van der Waals surface area contributed by atoms with Crippen molar-refractivity contribution in [1.29, 1.82) is 0 Å². The van der Waals surface area contributed by atoms with Crippen LogP contribution in [0.25, 0.3) is 16.5 Å². The lowest BCUT2D eigenvalue weighted by molar-refractivity contribution is 0.102. The predicted molar refractivity (Wildman–Crippen MR) is 111 cm³/mol. The van der Waals surface area contributed by atoms with Crippen molar-refractivity contribution in [2.24, 2.45) is 0 Å². The molecular formula is C20H17N5O3S. The number of hydrogen-bond acceptors (Lipinski definition) is 6. The van der Waals surface area contributed by atoms with Crippen molar-refractivity contribution in [3.63, 3.8) is 0 Å². The van der Waals surface area contributed by atoms with Crippen LogP contribution in [-0.4, -0.2) is 32.8 Å². The van der Waals surface area contributed by atoms with E-state index in [0.717, 1.165) is 4.88 Å². The Hall–Kier alpha value is -3.72. The Balaban J connectivity index is 1.79. The predicted octanol–water partition coefficient (Wildman–Crippen LogP) is 3.25. The first-order chi connectivity index (χ1) is 14.0. The summed E-state index contributed by atoms with van der Waals surface area (Å²) in [5.41, 5.74) is 1.27. The van der Waals surface area contributed by atoms with E-state index in [2.05, 4.69) is 20.4 Å². The highest BCUT2D eigenvalue weighted by molar-refractivity contribution is 7.13. The van der Waals surface area contributed by atoms with Crippen LogP contribution in [0.3, 0.4) is 0 Å². The monoisotopic (exact) mass is 407 g/mol. The number of H-pyrrole nitrogens is 1. The van der Waals surface area contributed by atoms with Crippen LogP contribution < -0.4 is 15.6 Å². The van der Waals surface area contributed by atoms with E-state index in [9.17, 15) is 9.59 Å². The Morgan fingerprint density at radius 1 is 1.21 bits per heavy atom. The molecule has 0 fully saturated rings. The van der Waals surface area contributed by atoms with Crippen molar-refractivity contribution in [3.05, 3.63) is 75.5 Å². The van der Waals surface area contributed by atoms with Crippen molar-refractivity contribution >= 4 is 23.1 Å². The number of carbonyl (C=O) groups is 1. The molecule has 0 unspecified atom stereocenters. The third-order valence-corrected chi connectivity index (χ3v) is 5.03. The van der Waals surface area contributed by atoms with Crippen LogP contribution in [0.2, 0.25) is 0 Å². The minimum atomic E-state index is -0.365. The van der Waals surface area contributed by atoms with E-state index in [4.69, 9.17) is 4.74 Å². The molecule has 0 saturated carbocycles. The Bertz CT molecular complexity index is 1230. The fourth-order valence-electron chi connectivity index (χ4n) is 2.86. The van der Waals surface area contributed by atoms with Crippen molar-refractivity contribution in [2.45, 2.75) is 6.92 Å². The van der Waals surface area contributed by atoms with Crippen LogP contribution in [0.5, 0.6) is 5.75 Å². The molecule has 9 heteroatoms. The summed E-state index contributed by atoms with van der Waals surface area (Å²) < 4.78 is 6.69. The van der Waals surface area contributed by atoms with Crippen LogP contribution in [0.1, 0.15) is 16.1 Å². The second-order valence-electron chi connectivity index (χ2n) is 6.17. The molecule has 1 aromatic carbocycles. The molecule has 0 bridgehead atoms. The normalized spacial score (nSPS) is 10.7. The van der Waals surface area contributed by atoms with Crippen molar-refractivity contribution in [2.75, 3.05) is 12.4 Å². The van der Waals surface area contributed by atoms with Crippen LogP contribution in [0.4, 0.5) is 5.82 Å². The molecule has 0 atom stereocenters. The fraction of sp³-hybridized carbons (Fsp3) is 0.100. The highest BCUT2D eigenvalue weighted by atomic mass is 32.1. The van der Waals surface area contributed by atoms with E-state index < -0.39 is 0 Å². The first-order valence-corrected chi connectivity index (χ1v) is 9.60. The van der Waals surface area contributed by atoms with Crippen molar-refractivity contribution < 1.29 is 9.53 Å². The Morgan fingerprint density at radius 3 is 2.76 bits per heavy atom. The molecule has 0 aliphatic carbocycles. The number of aryl methyl sites for hydroxylation is 1. The van der Waals surface area contributed by atoms with Crippen LogP contribution in [0, 0.1) is 6.92 Å². The number of aromatic nitrogens is 4. The number of thiophene rings is 1. The molecule has 29 heavy (non-hydrogen) atoms. The molecule has 146 valence electrons. The third-order valence-electron chi connectivity index (χ3n) is 4.13. The van der Waals surface area contributed by atoms with Gasteiger partial charge >= 0.3 is 0 Å². The molecule has 2 N–H and O–H groups in total. The zero-order valence-corrected chi connectivity index (χ0v) is 16.5. The summed E-state index contributed by atoms with van der Waals surface area (Å²) in [5, 5.41) is 9.33. The number of methoxy groups -OCH3 is 1. The molecule has 3 heterocycles. The van der Waals surface area contributed by atoms with Gasteiger partial charge in [0.2, 0.25) is 5.95 Å². The molecule has 0 aliphatic rings. The molecule has 4 aromatic rings. The molecule has 0 saturated heterocycles. The number of anilines is 1. The van der Waals surface area contributed by atoms with Gasteiger partial charge in [-0.15, -0.1) is 11.3 Å². The molecule has 0 aliphatic heterocycles. The lowest BCUT2D eigenvalue weighted by Gasteiger charge is -2.10. The number of nitrogens with one attached hydrogen (secondary N) is 2. The number of hydrogen-bond donors (Lipinski definition) is 2. The maximum absolute atomic E-state index is 12.9. The Morgan fingerprint density at radius 2 is 2.03 bits per heavy atom. The van der Waals surface area contributed by atoms with Gasteiger partial charge in [-0.2, -0.15) is 9.78 Å². The number of ether oxygens (including phenoxy) is 1. The minimum absolute atomic E-state index is 0.216.